The van der Waals surface area contributed by atoms with Gasteiger partial charge in [0.2, 0.25) is 0 Å². The Hall–Kier alpha value is -0.260. The molecule has 0 aliphatic heterocycles. The molecule has 0 amide bonds. The van der Waals surface area contributed by atoms with E-state index in [0.29, 0.717) is 5.41 Å². The van der Waals surface area contributed by atoms with Crippen LogP contribution in [0.1, 0.15) is 154 Å². The van der Waals surface area contributed by atoms with Crippen LogP contribution in [-0.4, -0.2) is 0 Å². The summed E-state index contributed by atoms with van der Waals surface area (Å²) in [5, 5.41) is 0. The molecule has 0 aromatic rings. The predicted molar refractivity (Wildman–Crippen MR) is 148 cm³/mol. The topological polar surface area (TPSA) is 0 Å². The summed E-state index contributed by atoms with van der Waals surface area (Å²) in [4.78, 5) is 0. The Morgan fingerprint density at radius 1 is 0.500 bits per heavy atom. The molecule has 0 heteroatoms. The van der Waals surface area contributed by atoms with Crippen LogP contribution in [0.2, 0.25) is 0 Å². The van der Waals surface area contributed by atoms with Crippen LogP contribution in [-0.2, 0) is 0 Å². The molecule has 0 N–H and O–H groups in total. The van der Waals surface area contributed by atoms with Crippen LogP contribution in [0.4, 0.5) is 0 Å². The minimum Gasteiger partial charge on any atom is -0.103 e. The summed E-state index contributed by atoms with van der Waals surface area (Å²) >= 11 is 0. The lowest BCUT2D eigenvalue weighted by molar-refractivity contribution is 0.0621. The van der Waals surface area contributed by atoms with E-state index in [1.165, 1.54) is 77.0 Å². The second kappa shape index (κ2) is 12.3. The zero-order valence-corrected chi connectivity index (χ0v) is 22.8. The van der Waals surface area contributed by atoms with Gasteiger partial charge >= 0.3 is 0 Å². The largest absolute Gasteiger partial charge is 0.103 e. The smallest absolute Gasteiger partial charge is 0.0118 e. The molecule has 0 aromatic carbocycles. The Bertz CT molecular complexity index is 582. The number of rotatable bonds is 8. The molecule has 0 spiro atoms. The number of hydrogen-bond acceptors (Lipinski definition) is 0. The first-order valence-corrected chi connectivity index (χ1v) is 16.3. The van der Waals surface area contributed by atoms with Gasteiger partial charge in [0.1, 0.15) is 0 Å². The summed E-state index contributed by atoms with van der Waals surface area (Å²) in [7, 11) is 0. The Kier molecular flexibility index (Phi) is 9.20. The quantitative estimate of drug-likeness (QED) is 0.312. The molecule has 0 unspecified atom stereocenters. The van der Waals surface area contributed by atoms with Gasteiger partial charge in [0, 0.05) is 0 Å². The van der Waals surface area contributed by atoms with Gasteiger partial charge < -0.3 is 0 Å². The normalized spacial score (nSPS) is 40.9. The first-order valence-electron chi connectivity index (χ1n) is 16.3. The van der Waals surface area contributed by atoms with Crippen molar-refractivity contribution < 1.29 is 0 Å². The van der Waals surface area contributed by atoms with Gasteiger partial charge in [0.25, 0.3) is 0 Å². The van der Waals surface area contributed by atoms with Crippen LogP contribution in [0.5, 0.6) is 0 Å². The van der Waals surface area contributed by atoms with Gasteiger partial charge in [0.05, 0.1) is 0 Å². The van der Waals surface area contributed by atoms with Gasteiger partial charge in [-0.3, -0.25) is 0 Å². The highest BCUT2D eigenvalue weighted by atomic mass is 14.5. The zero-order valence-electron chi connectivity index (χ0n) is 22.8. The summed E-state index contributed by atoms with van der Waals surface area (Å²) < 4.78 is 0. The van der Waals surface area contributed by atoms with Crippen LogP contribution < -0.4 is 0 Å². The van der Waals surface area contributed by atoms with Crippen molar-refractivity contribution in [3.05, 3.63) is 12.7 Å². The first kappa shape index (κ1) is 25.4. The molecule has 0 aromatic heterocycles. The third-order valence-corrected chi connectivity index (χ3v) is 12.1. The lowest BCUT2D eigenvalue weighted by atomic mass is 9.58. The van der Waals surface area contributed by atoms with E-state index in [1.807, 2.05) is 0 Å². The molecule has 5 fully saturated rings. The molecule has 5 aliphatic rings. The van der Waals surface area contributed by atoms with Crippen molar-refractivity contribution >= 4 is 0 Å². The third-order valence-electron chi connectivity index (χ3n) is 12.1. The Morgan fingerprint density at radius 2 is 1.00 bits per heavy atom. The third kappa shape index (κ3) is 6.73. The van der Waals surface area contributed by atoms with Crippen LogP contribution in [0.25, 0.3) is 0 Å². The maximum absolute atomic E-state index is 4.40. The van der Waals surface area contributed by atoms with Crippen molar-refractivity contribution in [2.45, 2.75) is 154 Å². The van der Waals surface area contributed by atoms with Crippen LogP contribution in [0.15, 0.2) is 12.7 Å². The van der Waals surface area contributed by atoms with Crippen molar-refractivity contribution in [3.63, 3.8) is 0 Å². The van der Waals surface area contributed by atoms with Gasteiger partial charge in [-0.1, -0.05) is 89.5 Å². The second-order valence-corrected chi connectivity index (χ2v) is 14.4. The minimum atomic E-state index is 0.506. The van der Waals surface area contributed by atoms with Gasteiger partial charge in [-0.2, -0.15) is 0 Å². The fourth-order valence-electron chi connectivity index (χ4n) is 9.51. The van der Waals surface area contributed by atoms with Gasteiger partial charge in [-0.05, 0) is 117 Å². The molecule has 34 heavy (non-hydrogen) atoms. The molecule has 0 heterocycles. The fourth-order valence-corrected chi connectivity index (χ4v) is 9.51. The SMILES string of the molecule is C=CC1(CC2CC(CC3CCCCCCCC3)C2)CCC(C2CCC(CC3CCC3)CC2)CC1. The Balaban J connectivity index is 1.00. The van der Waals surface area contributed by atoms with E-state index in [-0.39, 0.29) is 0 Å². The Labute approximate surface area is 213 Å². The second-order valence-electron chi connectivity index (χ2n) is 14.4. The lowest BCUT2D eigenvalue weighted by Gasteiger charge is -2.47. The van der Waals surface area contributed by atoms with Gasteiger partial charge in [0.15, 0.2) is 0 Å². The average Bonchev–Trinajstić information content (AvgIpc) is 2.95. The van der Waals surface area contributed by atoms with E-state index in [2.05, 4.69) is 12.7 Å². The zero-order chi connectivity index (χ0) is 23.2. The fraction of sp³-hybridized carbons (Fsp3) is 0.941. The van der Waals surface area contributed by atoms with E-state index < -0.39 is 0 Å². The van der Waals surface area contributed by atoms with Crippen molar-refractivity contribution in [3.8, 4) is 0 Å². The Morgan fingerprint density at radius 3 is 1.56 bits per heavy atom. The number of hydrogen-bond donors (Lipinski definition) is 0. The highest BCUT2D eigenvalue weighted by Gasteiger charge is 2.41. The lowest BCUT2D eigenvalue weighted by Crippen LogP contribution is -2.35. The maximum atomic E-state index is 4.40. The number of allylic oxidation sites excluding steroid dienone is 1. The van der Waals surface area contributed by atoms with Gasteiger partial charge in [-0.15, -0.1) is 6.58 Å². The van der Waals surface area contributed by atoms with Crippen molar-refractivity contribution in [2.24, 2.45) is 46.8 Å². The molecule has 5 saturated carbocycles. The molecule has 5 rings (SSSR count). The highest BCUT2D eigenvalue weighted by Crippen LogP contribution is 2.53. The summed E-state index contributed by atoms with van der Waals surface area (Å²) in [6, 6.07) is 0. The standard InChI is InChI=1S/C34H58/c1-2-34(26-31-24-30(25-31)23-27-10-7-5-3-4-6-8-11-27)20-18-33(19-21-34)32-16-14-29(15-17-32)22-28-12-9-13-28/h2,27-33H,1,3-26H2. The monoisotopic (exact) mass is 466 g/mol. The molecule has 0 atom stereocenters. The van der Waals surface area contributed by atoms with E-state index in [0.717, 1.165) is 41.4 Å². The first-order chi connectivity index (χ1) is 16.7. The van der Waals surface area contributed by atoms with Crippen molar-refractivity contribution in [1.82, 2.24) is 0 Å². The summed E-state index contributed by atoms with van der Waals surface area (Å²) in [5.41, 5.74) is 0.506. The summed E-state index contributed by atoms with van der Waals surface area (Å²) in [6.07, 6.45) is 39.2. The molecular formula is C34H58. The van der Waals surface area contributed by atoms with Crippen molar-refractivity contribution in [2.75, 3.05) is 0 Å². The molecule has 0 bridgehead atoms. The molecule has 0 saturated heterocycles. The molecule has 0 nitrogen and oxygen atoms in total. The molecule has 0 radical (unpaired) electrons. The van der Waals surface area contributed by atoms with E-state index in [1.54, 1.807) is 77.0 Å². The van der Waals surface area contributed by atoms with Crippen LogP contribution in [0.3, 0.4) is 0 Å². The maximum Gasteiger partial charge on any atom is -0.0118 e. The average molecular weight is 467 g/mol. The molecule has 194 valence electrons. The van der Waals surface area contributed by atoms with Crippen molar-refractivity contribution in [1.29, 1.82) is 0 Å². The molecule has 5 aliphatic carbocycles. The van der Waals surface area contributed by atoms with Crippen LogP contribution in [0, 0.1) is 46.8 Å². The predicted octanol–water partition coefficient (Wildman–Crippen LogP) is 10.9. The van der Waals surface area contributed by atoms with E-state index >= 15 is 0 Å². The van der Waals surface area contributed by atoms with E-state index in [4.69, 9.17) is 0 Å². The highest BCUT2D eigenvalue weighted by molar-refractivity contribution is 5.01. The minimum absolute atomic E-state index is 0.506. The summed E-state index contributed by atoms with van der Waals surface area (Å²) in [5.74, 6) is 7.50. The van der Waals surface area contributed by atoms with E-state index in [9.17, 15) is 0 Å². The molecular weight excluding hydrogens is 408 g/mol. The van der Waals surface area contributed by atoms with Gasteiger partial charge in [-0.25, -0.2) is 0 Å². The van der Waals surface area contributed by atoms with Crippen LogP contribution >= 0.6 is 0 Å². The summed E-state index contributed by atoms with van der Waals surface area (Å²) in [6.45, 7) is 4.40.